The topological polar surface area (TPSA) is 62.2 Å². The maximum Gasteiger partial charge on any atom is 0.322 e. The summed E-state index contributed by atoms with van der Waals surface area (Å²) in [6, 6.07) is 0.305. The summed E-state index contributed by atoms with van der Waals surface area (Å²) in [5.74, 6) is 0. The minimum Gasteiger partial charge on any atom is -0.322 e. The van der Waals surface area contributed by atoms with Crippen molar-refractivity contribution >= 4 is 11.7 Å². The quantitative estimate of drug-likeness (QED) is 0.750. The van der Waals surface area contributed by atoms with E-state index >= 15 is 0 Å². The van der Waals surface area contributed by atoms with Crippen molar-refractivity contribution in [3.8, 4) is 0 Å². The molecule has 0 spiro atoms. The van der Waals surface area contributed by atoms with Gasteiger partial charge in [0.05, 0.1) is 17.6 Å². The molecule has 1 aliphatic heterocycles. The Hall–Kier alpha value is -1.56. The number of amides is 2. The first-order valence-electron chi connectivity index (χ1n) is 5.86. The lowest BCUT2D eigenvalue weighted by molar-refractivity contribution is 0.192. The normalized spacial score (nSPS) is 20.4. The van der Waals surface area contributed by atoms with Crippen molar-refractivity contribution in [1.82, 2.24) is 20.0 Å². The van der Waals surface area contributed by atoms with Crippen molar-refractivity contribution in [1.29, 1.82) is 0 Å². The summed E-state index contributed by atoms with van der Waals surface area (Å²) in [7, 11) is 1.86. The van der Waals surface area contributed by atoms with Crippen LogP contribution in [0.2, 0.25) is 0 Å². The molecule has 2 heterocycles. The van der Waals surface area contributed by atoms with Gasteiger partial charge in [0.25, 0.3) is 0 Å². The van der Waals surface area contributed by atoms with Crippen molar-refractivity contribution < 1.29 is 4.79 Å². The van der Waals surface area contributed by atoms with Crippen molar-refractivity contribution in [3.05, 3.63) is 11.9 Å². The monoisotopic (exact) mass is 237 g/mol. The summed E-state index contributed by atoms with van der Waals surface area (Å²) in [6.45, 7) is 6.35. The average molecular weight is 237 g/mol. The molecule has 2 N–H and O–H groups in total. The van der Waals surface area contributed by atoms with Gasteiger partial charge in [-0.15, -0.1) is 0 Å². The van der Waals surface area contributed by atoms with E-state index in [-0.39, 0.29) is 6.03 Å². The van der Waals surface area contributed by atoms with Gasteiger partial charge in [-0.1, -0.05) is 0 Å². The van der Waals surface area contributed by atoms with Crippen LogP contribution in [0.25, 0.3) is 0 Å². The maximum atomic E-state index is 12.0. The first-order chi connectivity index (χ1) is 8.08. The van der Waals surface area contributed by atoms with E-state index in [4.69, 9.17) is 0 Å². The number of carbonyl (C=O) groups excluding carboxylic acids is 1. The molecule has 0 radical (unpaired) electrons. The summed E-state index contributed by atoms with van der Waals surface area (Å²) in [5.41, 5.74) is 1.74. The van der Waals surface area contributed by atoms with Gasteiger partial charge in [0.2, 0.25) is 0 Å². The van der Waals surface area contributed by atoms with Crippen LogP contribution >= 0.6 is 0 Å². The molecule has 6 heteroatoms. The first kappa shape index (κ1) is 11.9. The van der Waals surface area contributed by atoms with E-state index in [1.165, 1.54) is 0 Å². The van der Waals surface area contributed by atoms with Gasteiger partial charge in [0.15, 0.2) is 0 Å². The number of hydrogen-bond donors (Lipinski definition) is 2. The van der Waals surface area contributed by atoms with Crippen molar-refractivity contribution in [3.63, 3.8) is 0 Å². The highest BCUT2D eigenvalue weighted by Crippen LogP contribution is 2.13. The third kappa shape index (κ3) is 2.58. The van der Waals surface area contributed by atoms with Crippen molar-refractivity contribution in [2.24, 2.45) is 7.05 Å². The number of urea groups is 1. The Kier molecular flexibility index (Phi) is 3.33. The molecule has 1 saturated heterocycles. The predicted octanol–water partition coefficient (Wildman–Crippen LogP) is 0.554. The van der Waals surface area contributed by atoms with Crippen molar-refractivity contribution in [2.45, 2.75) is 19.9 Å². The zero-order valence-electron chi connectivity index (χ0n) is 10.5. The van der Waals surface area contributed by atoms with Crippen LogP contribution in [0.5, 0.6) is 0 Å². The second-order valence-corrected chi connectivity index (χ2v) is 4.50. The van der Waals surface area contributed by atoms with E-state index in [0.717, 1.165) is 31.0 Å². The molecule has 1 aliphatic rings. The SMILES string of the molecule is Cc1c(NC(=O)N2CCNC(C)C2)cnn1C. The van der Waals surface area contributed by atoms with E-state index in [1.807, 2.05) is 18.9 Å². The van der Waals surface area contributed by atoms with Gasteiger partial charge in [0, 0.05) is 32.7 Å². The van der Waals surface area contributed by atoms with E-state index in [0.29, 0.717) is 6.04 Å². The number of carbonyl (C=O) groups is 1. The fourth-order valence-corrected chi connectivity index (χ4v) is 1.93. The molecule has 6 nitrogen and oxygen atoms in total. The number of anilines is 1. The van der Waals surface area contributed by atoms with Gasteiger partial charge >= 0.3 is 6.03 Å². The number of nitrogens with zero attached hydrogens (tertiary/aromatic N) is 3. The van der Waals surface area contributed by atoms with Crippen LogP contribution in [0.1, 0.15) is 12.6 Å². The molecule has 1 atom stereocenters. The number of piperazine rings is 1. The number of aromatic nitrogens is 2. The third-order valence-electron chi connectivity index (χ3n) is 3.13. The smallest absolute Gasteiger partial charge is 0.322 e. The molecule has 2 amide bonds. The molecular formula is C11H19N5O. The lowest BCUT2D eigenvalue weighted by atomic mass is 10.2. The minimum absolute atomic E-state index is 0.0468. The highest BCUT2D eigenvalue weighted by molar-refractivity contribution is 5.89. The molecule has 0 saturated carbocycles. The molecule has 1 fully saturated rings. The molecule has 1 aromatic rings. The highest BCUT2D eigenvalue weighted by atomic mass is 16.2. The molecule has 0 aromatic carbocycles. The van der Waals surface area contributed by atoms with Gasteiger partial charge in [-0.25, -0.2) is 4.79 Å². The summed E-state index contributed by atoms with van der Waals surface area (Å²) in [6.07, 6.45) is 1.68. The molecule has 0 bridgehead atoms. The zero-order valence-corrected chi connectivity index (χ0v) is 10.5. The molecule has 17 heavy (non-hydrogen) atoms. The number of rotatable bonds is 1. The molecule has 94 valence electrons. The Morgan fingerprint density at radius 2 is 2.41 bits per heavy atom. The second-order valence-electron chi connectivity index (χ2n) is 4.50. The molecule has 2 rings (SSSR count). The Morgan fingerprint density at radius 1 is 1.65 bits per heavy atom. The Balaban J connectivity index is 1.99. The Morgan fingerprint density at radius 3 is 3.00 bits per heavy atom. The van der Waals surface area contributed by atoms with Crippen LogP contribution in [0.4, 0.5) is 10.5 Å². The van der Waals surface area contributed by atoms with Crippen LogP contribution in [-0.4, -0.2) is 46.4 Å². The third-order valence-corrected chi connectivity index (χ3v) is 3.13. The summed E-state index contributed by atoms with van der Waals surface area (Å²) in [4.78, 5) is 13.9. The van der Waals surface area contributed by atoms with Crippen LogP contribution < -0.4 is 10.6 Å². The van der Waals surface area contributed by atoms with Crippen LogP contribution in [0.15, 0.2) is 6.20 Å². The van der Waals surface area contributed by atoms with Gasteiger partial charge in [0.1, 0.15) is 0 Å². The van der Waals surface area contributed by atoms with Crippen molar-refractivity contribution in [2.75, 3.05) is 25.0 Å². The minimum atomic E-state index is -0.0468. The van der Waals surface area contributed by atoms with E-state index in [9.17, 15) is 4.79 Å². The fourth-order valence-electron chi connectivity index (χ4n) is 1.93. The van der Waals surface area contributed by atoms with E-state index in [1.54, 1.807) is 10.9 Å². The summed E-state index contributed by atoms with van der Waals surface area (Å²) >= 11 is 0. The van der Waals surface area contributed by atoms with Gasteiger partial charge in [-0.05, 0) is 13.8 Å². The van der Waals surface area contributed by atoms with Gasteiger partial charge in [-0.2, -0.15) is 5.10 Å². The Bertz CT molecular complexity index is 414. The number of nitrogens with one attached hydrogen (secondary N) is 2. The first-order valence-corrected chi connectivity index (χ1v) is 5.86. The number of hydrogen-bond acceptors (Lipinski definition) is 3. The molecule has 0 aliphatic carbocycles. The van der Waals surface area contributed by atoms with Crippen LogP contribution in [0, 0.1) is 6.92 Å². The van der Waals surface area contributed by atoms with E-state index in [2.05, 4.69) is 22.7 Å². The fraction of sp³-hybridized carbons (Fsp3) is 0.636. The predicted molar refractivity (Wildman–Crippen MR) is 66.0 cm³/mol. The summed E-state index contributed by atoms with van der Waals surface area (Å²) in [5, 5.41) is 10.3. The lowest BCUT2D eigenvalue weighted by Gasteiger charge is -2.31. The van der Waals surface area contributed by atoms with E-state index < -0.39 is 0 Å². The molecule has 1 unspecified atom stereocenters. The zero-order chi connectivity index (χ0) is 12.4. The average Bonchev–Trinajstić information content (AvgIpc) is 2.61. The lowest BCUT2D eigenvalue weighted by Crippen LogP contribution is -2.52. The van der Waals surface area contributed by atoms with Crippen LogP contribution in [0.3, 0.4) is 0 Å². The highest BCUT2D eigenvalue weighted by Gasteiger charge is 2.21. The van der Waals surface area contributed by atoms with Gasteiger partial charge in [-0.3, -0.25) is 4.68 Å². The van der Waals surface area contributed by atoms with Crippen LogP contribution in [-0.2, 0) is 7.05 Å². The molecule has 1 aromatic heterocycles. The largest absolute Gasteiger partial charge is 0.322 e. The Labute approximate surface area is 101 Å². The maximum absolute atomic E-state index is 12.0. The second kappa shape index (κ2) is 4.75. The summed E-state index contributed by atoms with van der Waals surface area (Å²) < 4.78 is 1.75. The standard InChI is InChI=1S/C11H19N5O/c1-8-7-16(5-4-12-8)11(17)14-10-6-13-15(3)9(10)2/h6,8,12H,4-5,7H2,1-3H3,(H,14,17). The molecular weight excluding hydrogens is 218 g/mol. The number of aryl methyl sites for hydroxylation is 1. The van der Waals surface area contributed by atoms with Gasteiger partial charge < -0.3 is 15.5 Å².